The molecule has 0 aromatic carbocycles. The second kappa shape index (κ2) is 5.62. The van der Waals surface area contributed by atoms with E-state index in [1.807, 2.05) is 0 Å². The van der Waals surface area contributed by atoms with Crippen LogP contribution < -0.4 is 5.32 Å². The maximum absolute atomic E-state index is 11.4. The van der Waals surface area contributed by atoms with Gasteiger partial charge >= 0.3 is 5.97 Å². The maximum Gasteiger partial charge on any atom is 0.328 e. The van der Waals surface area contributed by atoms with Crippen molar-refractivity contribution in [3.63, 3.8) is 0 Å². The minimum absolute atomic E-state index is 0.251. The normalized spacial score (nSPS) is 19.8. The number of nitrogens with one attached hydrogen (secondary N) is 1. The molecule has 1 rings (SSSR count). The quantitative estimate of drug-likeness (QED) is 0.539. The van der Waals surface area contributed by atoms with E-state index in [1.54, 1.807) is 0 Å². The summed E-state index contributed by atoms with van der Waals surface area (Å²) in [6.45, 7) is 0. The second-order valence-electron chi connectivity index (χ2n) is 3.68. The largest absolute Gasteiger partial charge is 0.467 e. The molecule has 1 aliphatic rings. The fourth-order valence-corrected chi connectivity index (χ4v) is 2.06. The van der Waals surface area contributed by atoms with E-state index in [2.05, 4.69) is 10.1 Å². The summed E-state index contributed by atoms with van der Waals surface area (Å²) in [5.74, 6) is -0.0783. The van der Waals surface area contributed by atoms with Crippen molar-refractivity contribution in [3.8, 4) is 0 Å². The summed E-state index contributed by atoms with van der Waals surface area (Å²) in [4.78, 5) is 21.7. The van der Waals surface area contributed by atoms with Crippen LogP contribution >= 0.6 is 0 Å². The number of hydrogen-bond acceptors (Lipinski definition) is 3. The molecule has 0 aromatic rings. The summed E-state index contributed by atoms with van der Waals surface area (Å²) in [6, 6.07) is -0.446. The van der Waals surface area contributed by atoms with Crippen LogP contribution in [0.1, 0.15) is 32.1 Å². The predicted octanol–water partition coefficient (Wildman–Crippen LogP) is 0.854. The smallest absolute Gasteiger partial charge is 0.328 e. The standard InChI is InChI=1S/C10H17NO3/c1-14-10(13)9(11-7-12)8-5-3-2-4-6-8/h7-9H,2-6H2,1H3,(H,11,12)/t9-/m0/s1. The van der Waals surface area contributed by atoms with Crippen molar-refractivity contribution in [2.75, 3.05) is 7.11 Å². The zero-order valence-electron chi connectivity index (χ0n) is 8.49. The SMILES string of the molecule is COC(=O)[C@@H](NC=O)C1CCCCC1. The van der Waals surface area contributed by atoms with Gasteiger partial charge in [-0.15, -0.1) is 0 Å². The highest BCUT2D eigenvalue weighted by Gasteiger charge is 2.29. The van der Waals surface area contributed by atoms with Crippen LogP contribution in [-0.2, 0) is 14.3 Å². The maximum atomic E-state index is 11.4. The van der Waals surface area contributed by atoms with Gasteiger partial charge in [0.15, 0.2) is 0 Å². The zero-order chi connectivity index (χ0) is 10.4. The molecule has 0 spiro atoms. The summed E-state index contributed by atoms with van der Waals surface area (Å²) in [7, 11) is 1.35. The van der Waals surface area contributed by atoms with Crippen LogP contribution in [0.15, 0.2) is 0 Å². The van der Waals surface area contributed by atoms with Crippen molar-refractivity contribution < 1.29 is 14.3 Å². The Bertz CT molecular complexity index is 200. The molecular weight excluding hydrogens is 182 g/mol. The molecule has 4 heteroatoms. The van der Waals surface area contributed by atoms with Crippen LogP contribution in [0.5, 0.6) is 0 Å². The third-order valence-electron chi connectivity index (χ3n) is 2.82. The number of carbonyl (C=O) groups excluding carboxylic acids is 2. The van der Waals surface area contributed by atoms with Gasteiger partial charge in [0.25, 0.3) is 0 Å². The fourth-order valence-electron chi connectivity index (χ4n) is 2.06. The van der Waals surface area contributed by atoms with Gasteiger partial charge in [0.2, 0.25) is 6.41 Å². The Hall–Kier alpha value is -1.06. The lowest BCUT2D eigenvalue weighted by Crippen LogP contribution is -2.43. The number of carbonyl (C=O) groups is 2. The highest BCUT2D eigenvalue weighted by Crippen LogP contribution is 2.26. The number of amides is 1. The van der Waals surface area contributed by atoms with E-state index >= 15 is 0 Å². The minimum Gasteiger partial charge on any atom is -0.467 e. The average Bonchev–Trinajstić information content (AvgIpc) is 2.26. The summed E-state index contributed by atoms with van der Waals surface area (Å²) in [6.07, 6.45) is 6.08. The minimum atomic E-state index is -0.446. The van der Waals surface area contributed by atoms with Gasteiger partial charge in [0.1, 0.15) is 6.04 Å². The Balaban J connectivity index is 2.55. The van der Waals surface area contributed by atoms with Gasteiger partial charge in [-0.2, -0.15) is 0 Å². The lowest BCUT2D eigenvalue weighted by Gasteiger charge is -2.27. The first-order valence-electron chi connectivity index (χ1n) is 5.07. The van der Waals surface area contributed by atoms with E-state index in [0.29, 0.717) is 6.41 Å². The van der Waals surface area contributed by atoms with E-state index < -0.39 is 6.04 Å². The molecule has 1 fully saturated rings. The molecule has 1 saturated carbocycles. The van der Waals surface area contributed by atoms with Crippen molar-refractivity contribution in [1.82, 2.24) is 5.32 Å². The summed E-state index contributed by atoms with van der Waals surface area (Å²) in [5, 5.41) is 2.55. The lowest BCUT2D eigenvalue weighted by molar-refractivity contribution is -0.146. The second-order valence-corrected chi connectivity index (χ2v) is 3.68. The molecule has 14 heavy (non-hydrogen) atoms. The van der Waals surface area contributed by atoms with Gasteiger partial charge in [0.05, 0.1) is 7.11 Å². The van der Waals surface area contributed by atoms with Crippen molar-refractivity contribution in [2.45, 2.75) is 38.1 Å². The van der Waals surface area contributed by atoms with Gasteiger partial charge in [-0.05, 0) is 18.8 Å². The number of rotatable bonds is 4. The Kier molecular flexibility index (Phi) is 4.43. The van der Waals surface area contributed by atoms with E-state index in [4.69, 9.17) is 0 Å². The van der Waals surface area contributed by atoms with Gasteiger partial charge in [-0.25, -0.2) is 4.79 Å². The van der Waals surface area contributed by atoms with Gasteiger partial charge in [-0.3, -0.25) is 4.79 Å². The van der Waals surface area contributed by atoms with Crippen molar-refractivity contribution in [3.05, 3.63) is 0 Å². The predicted molar refractivity (Wildman–Crippen MR) is 51.6 cm³/mol. The summed E-state index contributed by atoms with van der Waals surface area (Å²) < 4.78 is 4.66. The first-order chi connectivity index (χ1) is 6.79. The fraction of sp³-hybridized carbons (Fsp3) is 0.800. The molecule has 1 amide bonds. The monoisotopic (exact) mass is 199 g/mol. The van der Waals surface area contributed by atoms with E-state index in [0.717, 1.165) is 25.7 Å². The molecule has 0 aliphatic heterocycles. The molecule has 0 unspecified atom stereocenters. The summed E-state index contributed by atoms with van der Waals surface area (Å²) >= 11 is 0. The Labute approximate surface area is 84.0 Å². The molecule has 80 valence electrons. The Morgan fingerprint density at radius 1 is 1.43 bits per heavy atom. The van der Waals surface area contributed by atoms with Gasteiger partial charge in [0, 0.05) is 0 Å². The molecule has 4 nitrogen and oxygen atoms in total. The van der Waals surface area contributed by atoms with Crippen LogP contribution in [-0.4, -0.2) is 25.5 Å². The average molecular weight is 199 g/mol. The molecule has 1 N–H and O–H groups in total. The van der Waals surface area contributed by atoms with Gasteiger partial charge in [-0.1, -0.05) is 19.3 Å². The molecule has 1 aliphatic carbocycles. The van der Waals surface area contributed by atoms with E-state index in [1.165, 1.54) is 13.5 Å². The zero-order valence-corrected chi connectivity index (χ0v) is 8.49. The molecular formula is C10H17NO3. The molecule has 0 saturated heterocycles. The van der Waals surface area contributed by atoms with Crippen molar-refractivity contribution in [1.29, 1.82) is 0 Å². The highest BCUT2D eigenvalue weighted by atomic mass is 16.5. The topological polar surface area (TPSA) is 55.4 Å². The molecule has 0 bridgehead atoms. The first kappa shape index (κ1) is 11.0. The van der Waals surface area contributed by atoms with Crippen LogP contribution in [0.25, 0.3) is 0 Å². The van der Waals surface area contributed by atoms with Crippen LogP contribution in [0, 0.1) is 5.92 Å². The van der Waals surface area contributed by atoms with Gasteiger partial charge < -0.3 is 10.1 Å². The van der Waals surface area contributed by atoms with Crippen molar-refractivity contribution >= 4 is 12.4 Å². The molecule has 0 aromatic heterocycles. The van der Waals surface area contributed by atoms with Crippen molar-refractivity contribution in [2.24, 2.45) is 5.92 Å². The van der Waals surface area contributed by atoms with Crippen LogP contribution in [0.4, 0.5) is 0 Å². The van der Waals surface area contributed by atoms with E-state index in [-0.39, 0.29) is 11.9 Å². The summed E-state index contributed by atoms with van der Waals surface area (Å²) in [5.41, 5.74) is 0. The lowest BCUT2D eigenvalue weighted by atomic mass is 9.84. The Morgan fingerprint density at radius 2 is 2.07 bits per heavy atom. The Morgan fingerprint density at radius 3 is 2.57 bits per heavy atom. The number of methoxy groups -OCH3 is 1. The third kappa shape index (κ3) is 2.72. The molecule has 0 heterocycles. The van der Waals surface area contributed by atoms with Crippen LogP contribution in [0.2, 0.25) is 0 Å². The number of esters is 1. The highest BCUT2D eigenvalue weighted by molar-refractivity contribution is 5.78. The van der Waals surface area contributed by atoms with E-state index in [9.17, 15) is 9.59 Å². The first-order valence-corrected chi connectivity index (χ1v) is 5.07. The number of ether oxygens (including phenoxy) is 1. The molecule has 0 radical (unpaired) electrons. The van der Waals surface area contributed by atoms with Crippen LogP contribution in [0.3, 0.4) is 0 Å². The third-order valence-corrected chi connectivity index (χ3v) is 2.82. The number of hydrogen-bond donors (Lipinski definition) is 1. The molecule has 1 atom stereocenters.